The monoisotopic (exact) mass is 812 g/mol. The number of aromatic nitrogens is 4. The van der Waals surface area contributed by atoms with Gasteiger partial charge in [0.25, 0.3) is 0 Å². The van der Waals surface area contributed by atoms with E-state index >= 15 is 0 Å². The summed E-state index contributed by atoms with van der Waals surface area (Å²) in [6.07, 6.45) is 5.96. The lowest BCUT2D eigenvalue weighted by Crippen LogP contribution is -2.52. The van der Waals surface area contributed by atoms with Gasteiger partial charge in [-0.15, -0.1) is 0 Å². The number of carbonyl (C=O) groups is 4. The zero-order chi connectivity index (χ0) is 42.3. The van der Waals surface area contributed by atoms with E-state index in [0.717, 1.165) is 52.4 Å². The molecule has 0 aliphatic carbocycles. The van der Waals surface area contributed by atoms with Crippen molar-refractivity contribution in [2.24, 2.45) is 11.8 Å². The van der Waals surface area contributed by atoms with Gasteiger partial charge in [0.15, 0.2) is 5.79 Å². The zero-order valence-corrected chi connectivity index (χ0v) is 34.8. The maximum absolute atomic E-state index is 13.9. The van der Waals surface area contributed by atoms with E-state index < -0.39 is 36.1 Å². The van der Waals surface area contributed by atoms with E-state index in [2.05, 4.69) is 90.8 Å². The summed E-state index contributed by atoms with van der Waals surface area (Å²) in [5, 5.41) is 5.08. The minimum atomic E-state index is -0.899. The normalized spacial score (nSPS) is 19.6. The van der Waals surface area contributed by atoms with E-state index in [4.69, 9.17) is 19.2 Å². The molecule has 3 amide bonds. The fourth-order valence-electron chi connectivity index (χ4n) is 7.70. The molecule has 3 aliphatic rings. The van der Waals surface area contributed by atoms with E-state index in [9.17, 15) is 19.2 Å². The molecule has 7 rings (SSSR count). The van der Waals surface area contributed by atoms with Gasteiger partial charge < -0.3 is 49.2 Å². The molecule has 3 fully saturated rings. The number of carbonyl (C=O) groups excluding carboxylic acids is 4. The van der Waals surface area contributed by atoms with Crippen LogP contribution in [0.3, 0.4) is 0 Å². The summed E-state index contributed by atoms with van der Waals surface area (Å²) in [4.78, 5) is 67.3. The lowest BCUT2D eigenvalue weighted by Gasteiger charge is -2.30. The van der Waals surface area contributed by atoms with Crippen LogP contribution in [0.15, 0.2) is 60.9 Å². The third-order valence-corrected chi connectivity index (χ3v) is 11.2. The fourth-order valence-corrected chi connectivity index (χ4v) is 7.70. The van der Waals surface area contributed by atoms with E-state index in [1.807, 2.05) is 33.9 Å². The maximum Gasteiger partial charge on any atom is 0.407 e. The predicted octanol–water partition coefficient (Wildman–Crippen LogP) is 5.86. The van der Waals surface area contributed by atoms with Gasteiger partial charge in [-0.3, -0.25) is 9.69 Å². The molecule has 4 atom stereocenters. The Hall–Kier alpha value is -5.58. The Morgan fingerprint density at radius 1 is 0.797 bits per heavy atom. The topological polar surface area (TPSA) is 193 Å². The van der Waals surface area contributed by atoms with Crippen LogP contribution in [0.25, 0.3) is 33.6 Å². The molecule has 3 saturated heterocycles. The van der Waals surface area contributed by atoms with E-state index in [1.54, 1.807) is 11.1 Å². The number of rotatable bonds is 11. The van der Waals surface area contributed by atoms with Crippen LogP contribution in [0.5, 0.6) is 0 Å². The number of H-pyrrole nitrogens is 2. The quantitative estimate of drug-likeness (QED) is 0.133. The number of alkyl carbamates (subject to hydrolysis) is 2. The summed E-state index contributed by atoms with van der Waals surface area (Å²) in [6.45, 7) is 9.73. The van der Waals surface area contributed by atoms with Crippen molar-refractivity contribution in [1.82, 2.24) is 40.4 Å². The van der Waals surface area contributed by atoms with E-state index in [0.29, 0.717) is 37.8 Å². The molecular weight excluding hydrogens is 757 g/mol. The highest BCUT2D eigenvalue weighted by molar-refractivity contribution is 5.86. The van der Waals surface area contributed by atoms with Crippen molar-refractivity contribution in [2.45, 2.75) is 76.9 Å². The van der Waals surface area contributed by atoms with Crippen LogP contribution in [-0.2, 0) is 28.5 Å². The zero-order valence-electron chi connectivity index (χ0n) is 34.8. The van der Waals surface area contributed by atoms with Crippen molar-refractivity contribution in [1.29, 1.82) is 0 Å². The van der Waals surface area contributed by atoms with Gasteiger partial charge in [-0.05, 0) is 60.5 Å². The van der Waals surface area contributed by atoms with Crippen LogP contribution >= 0.6 is 0 Å². The standard InChI is InChI=1S/C36H43N7O5.C7H13NO3/c1-22(2)31(41-35(45)46-4)34(44)43-21-36(47-16-17-48-36)18-30(43)33-38-20-28(40-33)26-13-9-24(10-14-26)23-7-11-25(12-8-23)27-19-37-32(39-27)29-6-5-15-42(29)3;1-5(2)6(4-9)8-7(10)11-3/h7-14,19-20,22,29-31H,5-6,15-18,21H2,1-4H3,(H,37,39)(H,38,40)(H,41,45);4-6H,1-3H3,(H,8,10). The second-order valence-electron chi connectivity index (χ2n) is 15.9. The van der Waals surface area contributed by atoms with Crippen LogP contribution in [0, 0.1) is 11.8 Å². The number of amides is 3. The lowest BCUT2D eigenvalue weighted by atomic mass is 10.0. The molecule has 1 spiro atoms. The first-order valence-electron chi connectivity index (χ1n) is 20.1. The van der Waals surface area contributed by atoms with E-state index in [1.165, 1.54) is 20.6 Å². The number of nitrogens with one attached hydrogen (secondary N) is 4. The van der Waals surface area contributed by atoms with Gasteiger partial charge >= 0.3 is 12.2 Å². The third kappa shape index (κ3) is 10.0. The van der Waals surface area contributed by atoms with Crippen molar-refractivity contribution in [3.63, 3.8) is 0 Å². The first-order chi connectivity index (χ1) is 28.3. The number of aldehydes is 1. The molecule has 5 heterocycles. The first-order valence-corrected chi connectivity index (χ1v) is 20.1. The molecule has 4 N–H and O–H groups in total. The number of methoxy groups -OCH3 is 2. The number of nitrogens with zero attached hydrogens (tertiary/aromatic N) is 4. The number of likely N-dealkylation sites (tertiary alicyclic amines) is 2. The van der Waals surface area contributed by atoms with Crippen LogP contribution in [0.2, 0.25) is 0 Å². The second-order valence-corrected chi connectivity index (χ2v) is 15.9. The number of hydrogen-bond donors (Lipinski definition) is 4. The van der Waals surface area contributed by atoms with Gasteiger partial charge in [0.1, 0.15) is 24.0 Å². The molecule has 2 aromatic heterocycles. The number of hydrogen-bond acceptors (Lipinski definition) is 11. The molecule has 4 aromatic rings. The highest BCUT2D eigenvalue weighted by Gasteiger charge is 2.52. The maximum atomic E-state index is 13.9. The third-order valence-electron chi connectivity index (χ3n) is 11.2. The summed E-state index contributed by atoms with van der Waals surface area (Å²) in [5.41, 5.74) is 6.17. The fraction of sp³-hybridized carbons (Fsp3) is 0.488. The molecule has 16 heteroatoms. The summed E-state index contributed by atoms with van der Waals surface area (Å²) in [5.74, 6) is 0.461. The summed E-state index contributed by atoms with van der Waals surface area (Å²) >= 11 is 0. The van der Waals surface area contributed by atoms with E-state index in [-0.39, 0.29) is 24.3 Å². The van der Waals surface area contributed by atoms with Crippen molar-refractivity contribution >= 4 is 24.4 Å². The van der Waals surface area contributed by atoms with Crippen molar-refractivity contribution < 1.29 is 38.1 Å². The number of benzene rings is 2. The molecule has 16 nitrogen and oxygen atoms in total. The minimum absolute atomic E-state index is 0.0894. The van der Waals surface area contributed by atoms with Gasteiger partial charge in [-0.25, -0.2) is 19.6 Å². The largest absolute Gasteiger partial charge is 0.453 e. The Morgan fingerprint density at radius 2 is 1.31 bits per heavy atom. The van der Waals surface area contributed by atoms with Crippen molar-refractivity contribution in [2.75, 3.05) is 47.6 Å². The highest BCUT2D eigenvalue weighted by atomic mass is 16.7. The smallest absolute Gasteiger partial charge is 0.407 e. The average molecular weight is 813 g/mol. The Balaban J connectivity index is 0.000000468. The van der Waals surface area contributed by atoms with Gasteiger partial charge in [0.2, 0.25) is 5.91 Å². The van der Waals surface area contributed by atoms with Crippen LogP contribution in [0.1, 0.15) is 70.7 Å². The Bertz CT molecular complexity index is 2040. The minimum Gasteiger partial charge on any atom is -0.453 e. The Labute approximate surface area is 344 Å². The molecule has 4 unspecified atom stereocenters. The molecule has 0 bridgehead atoms. The number of aromatic amines is 2. The summed E-state index contributed by atoms with van der Waals surface area (Å²) in [7, 11) is 4.70. The van der Waals surface area contributed by atoms with Crippen LogP contribution in [-0.4, -0.2) is 120 Å². The molecule has 2 aromatic carbocycles. The number of ether oxygens (including phenoxy) is 4. The highest BCUT2D eigenvalue weighted by Crippen LogP contribution is 2.43. The Morgan fingerprint density at radius 3 is 1.76 bits per heavy atom. The van der Waals surface area contributed by atoms with Crippen molar-refractivity contribution in [3.05, 3.63) is 72.6 Å². The second kappa shape index (κ2) is 19.0. The molecule has 3 aliphatic heterocycles. The van der Waals surface area contributed by atoms with Crippen molar-refractivity contribution in [3.8, 4) is 33.6 Å². The Kier molecular flexibility index (Phi) is 13.8. The average Bonchev–Trinajstić information content (AvgIpc) is 4.11. The number of imidazole rings is 2. The molecular formula is C43H56N8O8. The predicted molar refractivity (Wildman–Crippen MR) is 220 cm³/mol. The van der Waals surface area contributed by atoms with Gasteiger partial charge in [-0.2, -0.15) is 0 Å². The SMILES string of the molecule is COC(=O)NC(C(=O)N1CC2(CC1c1ncc(-c3ccc(-c4ccc(-c5cnc(C6CCCN6C)[nH]5)cc4)cc3)[nH]1)OCCO2)C(C)C.COC(=O)NC(C=O)C(C)C. The first kappa shape index (κ1) is 43.0. The van der Waals surface area contributed by atoms with Gasteiger partial charge in [0, 0.05) is 6.42 Å². The lowest BCUT2D eigenvalue weighted by molar-refractivity contribution is -0.153. The molecule has 0 radical (unpaired) electrons. The van der Waals surface area contributed by atoms with Crippen LogP contribution < -0.4 is 10.6 Å². The van der Waals surface area contributed by atoms with Crippen LogP contribution in [0.4, 0.5) is 9.59 Å². The van der Waals surface area contributed by atoms with Gasteiger partial charge in [-0.1, -0.05) is 76.2 Å². The summed E-state index contributed by atoms with van der Waals surface area (Å²) in [6, 6.07) is 15.6. The summed E-state index contributed by atoms with van der Waals surface area (Å²) < 4.78 is 21.1. The molecule has 59 heavy (non-hydrogen) atoms. The molecule has 316 valence electrons. The molecule has 0 saturated carbocycles. The van der Waals surface area contributed by atoms with Gasteiger partial charge in [0.05, 0.1) is 75.9 Å².